The minimum atomic E-state index is -4.97. The molecule has 0 fully saturated rings. The molecule has 19 heteroatoms. The fraction of sp³-hybridized carbons (Fsp3) is 0.838. The highest BCUT2D eigenvalue weighted by molar-refractivity contribution is 7.47. The van der Waals surface area contributed by atoms with Gasteiger partial charge in [-0.15, -0.1) is 0 Å². The van der Waals surface area contributed by atoms with Gasteiger partial charge < -0.3 is 33.8 Å². The number of hydrogen-bond acceptors (Lipinski definition) is 15. The van der Waals surface area contributed by atoms with Gasteiger partial charge in [0.25, 0.3) is 0 Å². The molecule has 0 aromatic carbocycles. The number of phosphoric acid groups is 2. The number of unbranched alkanes of at least 4 members (excludes halogenated alkanes) is 32. The first-order valence-corrected chi connectivity index (χ1v) is 40.2. The van der Waals surface area contributed by atoms with Gasteiger partial charge in [-0.1, -0.05) is 276 Å². The van der Waals surface area contributed by atoms with Gasteiger partial charge in [0.2, 0.25) is 0 Å². The van der Waals surface area contributed by atoms with Crippen molar-refractivity contribution < 1.29 is 80.2 Å². The molecule has 93 heavy (non-hydrogen) atoms. The average molecular weight is 1360 g/mol. The minimum absolute atomic E-state index is 0.0778. The smallest absolute Gasteiger partial charge is 0.462 e. The zero-order valence-corrected chi connectivity index (χ0v) is 61.3. The summed E-state index contributed by atoms with van der Waals surface area (Å²) in [6.07, 6.45) is 57.2. The molecule has 0 saturated carbocycles. The second kappa shape index (κ2) is 65.0. The van der Waals surface area contributed by atoms with Crippen molar-refractivity contribution in [1.82, 2.24) is 0 Å². The Kier molecular flexibility index (Phi) is 62.9. The van der Waals surface area contributed by atoms with Crippen LogP contribution in [-0.2, 0) is 65.4 Å². The van der Waals surface area contributed by atoms with Gasteiger partial charge in [-0.3, -0.25) is 37.3 Å². The Morgan fingerprint density at radius 3 is 0.957 bits per heavy atom. The first kappa shape index (κ1) is 90.0. The van der Waals surface area contributed by atoms with Crippen molar-refractivity contribution in [2.75, 3.05) is 39.6 Å². The van der Waals surface area contributed by atoms with Gasteiger partial charge in [0.05, 0.1) is 26.4 Å². The molecule has 3 unspecified atom stereocenters. The van der Waals surface area contributed by atoms with Crippen molar-refractivity contribution in [3.8, 4) is 0 Å². The van der Waals surface area contributed by atoms with Crippen molar-refractivity contribution in [2.45, 2.75) is 349 Å². The maximum atomic E-state index is 13.0. The van der Waals surface area contributed by atoms with E-state index >= 15 is 0 Å². The Labute approximate surface area is 566 Å². The highest BCUT2D eigenvalue weighted by Crippen LogP contribution is 2.45. The summed E-state index contributed by atoms with van der Waals surface area (Å²) in [4.78, 5) is 72.6. The molecule has 0 aliphatic carbocycles. The van der Waals surface area contributed by atoms with E-state index < -0.39 is 97.5 Å². The van der Waals surface area contributed by atoms with E-state index in [1.165, 1.54) is 109 Å². The molecule has 0 aliphatic rings. The molecular formula is C74H136O17P2. The fourth-order valence-corrected chi connectivity index (χ4v) is 11.8. The highest BCUT2D eigenvalue weighted by Gasteiger charge is 2.30. The largest absolute Gasteiger partial charge is 0.472 e. The van der Waals surface area contributed by atoms with Crippen molar-refractivity contribution in [2.24, 2.45) is 11.8 Å². The molecule has 6 atom stereocenters. The Morgan fingerprint density at radius 1 is 0.355 bits per heavy atom. The van der Waals surface area contributed by atoms with Crippen molar-refractivity contribution in [3.63, 3.8) is 0 Å². The van der Waals surface area contributed by atoms with Crippen molar-refractivity contribution in [3.05, 3.63) is 48.6 Å². The van der Waals surface area contributed by atoms with Gasteiger partial charge in [0.1, 0.15) is 19.3 Å². The van der Waals surface area contributed by atoms with Crippen LogP contribution in [0.4, 0.5) is 0 Å². The maximum absolute atomic E-state index is 13.0. The summed E-state index contributed by atoms with van der Waals surface area (Å²) in [5, 5.41) is 10.6. The predicted octanol–water partition coefficient (Wildman–Crippen LogP) is 20.7. The van der Waals surface area contributed by atoms with E-state index in [2.05, 4.69) is 90.2 Å². The van der Waals surface area contributed by atoms with Gasteiger partial charge >= 0.3 is 39.5 Å². The molecule has 0 bridgehead atoms. The summed E-state index contributed by atoms with van der Waals surface area (Å²) in [5.41, 5.74) is 0. The lowest BCUT2D eigenvalue weighted by Gasteiger charge is -2.21. The standard InChI is InChI=1S/C74H136O17P2/c1-7-10-12-14-16-18-20-22-24-26-28-33-37-44-50-56-71(76)84-62-69(90-73(78)58-52-46-38-34-29-27-25-23-21-19-17-15-13-11-8-2)64-88-92(80,81)86-60-68(75)61-87-93(82,83)89-65-70(63-85-72(77)57-51-45-41-40-42-48-54-66(4)5)91-74(79)59-53-47-39-35-31-30-32-36-43-49-55-67(6)9-3/h18-25,66-70,75H,7-17,26-65H2,1-6H3,(H,80,81)(H,82,83)/b20-18-,21-19-,24-22-,25-23-/t67?,68-,69-,70-/m1/s1. The minimum Gasteiger partial charge on any atom is -0.462 e. The number of esters is 4. The Hall–Kier alpha value is -2.98. The molecule has 0 rings (SSSR count). The quantitative estimate of drug-likeness (QED) is 0.0169. The second-order valence-electron chi connectivity index (χ2n) is 26.0. The molecule has 0 saturated heterocycles. The third-order valence-corrected chi connectivity index (χ3v) is 18.2. The van der Waals surface area contributed by atoms with Crippen LogP contribution in [0.5, 0.6) is 0 Å². The van der Waals surface area contributed by atoms with Crippen LogP contribution in [0.2, 0.25) is 0 Å². The Morgan fingerprint density at radius 2 is 0.634 bits per heavy atom. The molecule has 0 amide bonds. The number of aliphatic hydroxyl groups excluding tert-OH is 1. The summed E-state index contributed by atoms with van der Waals surface area (Å²) >= 11 is 0. The van der Waals surface area contributed by atoms with Gasteiger partial charge in [0, 0.05) is 25.7 Å². The lowest BCUT2D eigenvalue weighted by Crippen LogP contribution is -2.30. The number of carbonyl (C=O) groups excluding carboxylic acids is 4. The zero-order chi connectivity index (χ0) is 68.6. The zero-order valence-electron chi connectivity index (χ0n) is 59.5. The first-order chi connectivity index (χ1) is 44.9. The summed E-state index contributed by atoms with van der Waals surface area (Å²) in [7, 11) is -9.93. The van der Waals surface area contributed by atoms with Crippen LogP contribution in [0.3, 0.4) is 0 Å². The number of phosphoric ester groups is 2. The van der Waals surface area contributed by atoms with Crippen molar-refractivity contribution >= 4 is 39.5 Å². The van der Waals surface area contributed by atoms with Gasteiger partial charge in [-0.2, -0.15) is 0 Å². The number of allylic oxidation sites excluding steroid dienone is 8. The van der Waals surface area contributed by atoms with Crippen LogP contribution < -0.4 is 0 Å². The molecule has 544 valence electrons. The molecule has 3 N–H and O–H groups in total. The summed E-state index contributed by atoms with van der Waals surface area (Å²) in [6, 6.07) is 0. The number of aliphatic hydroxyl groups is 1. The van der Waals surface area contributed by atoms with Crippen LogP contribution in [0.25, 0.3) is 0 Å². The van der Waals surface area contributed by atoms with E-state index in [9.17, 15) is 43.2 Å². The first-order valence-electron chi connectivity index (χ1n) is 37.2. The van der Waals surface area contributed by atoms with Gasteiger partial charge in [-0.05, 0) is 88.9 Å². The van der Waals surface area contributed by atoms with Gasteiger partial charge in [-0.25, -0.2) is 9.13 Å². The van der Waals surface area contributed by atoms with E-state index in [-0.39, 0.29) is 25.7 Å². The molecule has 0 radical (unpaired) electrons. The van der Waals surface area contributed by atoms with Crippen LogP contribution in [-0.4, -0.2) is 96.7 Å². The highest BCUT2D eigenvalue weighted by atomic mass is 31.2. The van der Waals surface area contributed by atoms with Gasteiger partial charge in [0.15, 0.2) is 12.2 Å². The lowest BCUT2D eigenvalue weighted by atomic mass is 9.99. The maximum Gasteiger partial charge on any atom is 0.472 e. The van der Waals surface area contributed by atoms with Crippen LogP contribution >= 0.6 is 15.6 Å². The number of hydrogen-bond donors (Lipinski definition) is 3. The number of carbonyl (C=O) groups is 4. The molecule has 0 spiro atoms. The SMILES string of the molecule is CCCCCC/C=C\C=C/CCCCCCCC(=O)OC[C@H](COP(=O)(O)OC[C@@H](O)COP(=O)(O)OC[C@@H](COC(=O)CCCCCCCCC(C)C)OC(=O)CCCCCCCCCCCCC(C)CC)OC(=O)CCCCCCC/C=C\C=C/CCCCCC. The Bertz CT molecular complexity index is 1990. The van der Waals surface area contributed by atoms with Crippen LogP contribution in [0.1, 0.15) is 330 Å². The topological polar surface area (TPSA) is 237 Å². The summed E-state index contributed by atoms with van der Waals surface area (Å²) < 4.78 is 68.3. The monoisotopic (exact) mass is 1360 g/mol. The molecule has 17 nitrogen and oxygen atoms in total. The third kappa shape index (κ3) is 66.1. The van der Waals surface area contributed by atoms with E-state index in [4.69, 9.17) is 37.0 Å². The van der Waals surface area contributed by atoms with E-state index in [0.29, 0.717) is 31.6 Å². The molecular weight excluding hydrogens is 1220 g/mol. The normalized spacial score (nSPS) is 14.7. The average Bonchev–Trinajstić information content (AvgIpc) is 2.95. The van der Waals surface area contributed by atoms with Crippen LogP contribution in [0.15, 0.2) is 48.6 Å². The lowest BCUT2D eigenvalue weighted by molar-refractivity contribution is -0.161. The van der Waals surface area contributed by atoms with Crippen LogP contribution in [0, 0.1) is 11.8 Å². The molecule has 0 aliphatic heterocycles. The fourth-order valence-electron chi connectivity index (χ4n) is 10.2. The molecule has 0 aromatic rings. The predicted molar refractivity (Wildman–Crippen MR) is 376 cm³/mol. The Balaban J connectivity index is 5.32. The van der Waals surface area contributed by atoms with E-state index in [0.717, 1.165) is 134 Å². The molecule has 0 heterocycles. The number of rotatable bonds is 69. The van der Waals surface area contributed by atoms with E-state index in [1.807, 2.05) is 0 Å². The van der Waals surface area contributed by atoms with E-state index in [1.54, 1.807) is 0 Å². The number of ether oxygens (including phenoxy) is 4. The summed E-state index contributed by atoms with van der Waals surface area (Å²) in [5.74, 6) is -0.707. The van der Waals surface area contributed by atoms with Crippen molar-refractivity contribution in [1.29, 1.82) is 0 Å². The summed E-state index contributed by atoms with van der Waals surface area (Å²) in [6.45, 7) is 9.38. The molecule has 0 aromatic heterocycles. The second-order valence-corrected chi connectivity index (χ2v) is 28.9. The third-order valence-electron chi connectivity index (χ3n) is 16.3.